The Hall–Kier alpha value is -3.41. The average molecular weight is 390 g/mol. The molecule has 0 aliphatic rings. The van der Waals surface area contributed by atoms with Crippen LogP contribution >= 0.6 is 0 Å². The lowest BCUT2D eigenvalue weighted by molar-refractivity contribution is 0.102. The summed E-state index contributed by atoms with van der Waals surface area (Å²) in [5.74, 6) is 0.615. The molecule has 0 aliphatic heterocycles. The number of carbonyl (C=O) groups excluding carboxylic acids is 1. The summed E-state index contributed by atoms with van der Waals surface area (Å²) >= 11 is 0. The number of benzene rings is 2. The zero-order chi connectivity index (χ0) is 21.2. The molecule has 0 atom stereocenters. The molecule has 0 aliphatic carbocycles. The van der Waals surface area contributed by atoms with Gasteiger partial charge in [0.25, 0.3) is 5.91 Å². The monoisotopic (exact) mass is 390 g/mol. The van der Waals surface area contributed by atoms with Gasteiger partial charge in [0, 0.05) is 23.5 Å². The highest BCUT2D eigenvalue weighted by Crippen LogP contribution is 2.32. The Morgan fingerprint density at radius 3 is 2.38 bits per heavy atom. The number of ether oxygens (including phenoxy) is 1. The second-order valence-electron chi connectivity index (χ2n) is 7.98. The first-order valence-corrected chi connectivity index (χ1v) is 9.37. The van der Waals surface area contributed by atoms with Gasteiger partial charge in [0.2, 0.25) is 5.95 Å². The van der Waals surface area contributed by atoms with E-state index in [1.807, 2.05) is 37.3 Å². The van der Waals surface area contributed by atoms with Crippen LogP contribution in [0.15, 0.2) is 48.8 Å². The van der Waals surface area contributed by atoms with Crippen LogP contribution in [0.25, 0.3) is 11.1 Å². The van der Waals surface area contributed by atoms with Crippen molar-refractivity contribution in [3.8, 4) is 16.9 Å². The average Bonchev–Trinajstić information content (AvgIpc) is 2.68. The maximum absolute atomic E-state index is 13.0. The van der Waals surface area contributed by atoms with E-state index in [1.165, 1.54) is 0 Å². The zero-order valence-electron chi connectivity index (χ0n) is 17.4. The van der Waals surface area contributed by atoms with Gasteiger partial charge in [-0.05, 0) is 53.3 Å². The van der Waals surface area contributed by atoms with Crippen molar-refractivity contribution in [3.05, 3.63) is 65.5 Å². The quantitative estimate of drug-likeness (QED) is 0.680. The highest BCUT2D eigenvalue weighted by Gasteiger charge is 2.18. The SMILES string of the molecule is COc1ccc(C(C)(C)C)cc1NC(=O)c1ccc(C)c(-c2cnc(N)nc2)c1. The molecule has 0 spiro atoms. The van der Waals surface area contributed by atoms with E-state index in [2.05, 4.69) is 36.1 Å². The second-order valence-corrected chi connectivity index (χ2v) is 7.98. The molecule has 1 aromatic heterocycles. The number of nitrogens with one attached hydrogen (secondary N) is 1. The number of methoxy groups -OCH3 is 1. The van der Waals surface area contributed by atoms with Crippen LogP contribution in [0, 0.1) is 6.92 Å². The minimum atomic E-state index is -0.216. The molecule has 0 unspecified atom stereocenters. The molecule has 150 valence electrons. The molecule has 0 bridgehead atoms. The fourth-order valence-electron chi connectivity index (χ4n) is 3.02. The van der Waals surface area contributed by atoms with Gasteiger partial charge in [-0.25, -0.2) is 9.97 Å². The van der Waals surface area contributed by atoms with Crippen LogP contribution in [0.5, 0.6) is 5.75 Å². The van der Waals surface area contributed by atoms with Gasteiger partial charge < -0.3 is 15.8 Å². The fourth-order valence-corrected chi connectivity index (χ4v) is 3.02. The minimum absolute atomic E-state index is 0.0437. The van der Waals surface area contributed by atoms with Gasteiger partial charge in [-0.1, -0.05) is 32.9 Å². The summed E-state index contributed by atoms with van der Waals surface area (Å²) in [4.78, 5) is 21.1. The summed E-state index contributed by atoms with van der Waals surface area (Å²) in [6.07, 6.45) is 3.31. The van der Waals surface area contributed by atoms with E-state index in [4.69, 9.17) is 10.5 Å². The van der Waals surface area contributed by atoms with Gasteiger partial charge in [0.15, 0.2) is 0 Å². The van der Waals surface area contributed by atoms with E-state index in [1.54, 1.807) is 25.6 Å². The summed E-state index contributed by atoms with van der Waals surface area (Å²) in [5.41, 5.74) is 10.5. The number of nitrogens with zero attached hydrogens (tertiary/aromatic N) is 2. The Kier molecular flexibility index (Phi) is 5.55. The van der Waals surface area contributed by atoms with Crippen molar-refractivity contribution in [2.45, 2.75) is 33.1 Å². The number of nitrogens with two attached hydrogens (primary N) is 1. The van der Waals surface area contributed by atoms with Gasteiger partial charge >= 0.3 is 0 Å². The fraction of sp³-hybridized carbons (Fsp3) is 0.261. The number of rotatable bonds is 4. The summed E-state index contributed by atoms with van der Waals surface area (Å²) < 4.78 is 5.43. The van der Waals surface area contributed by atoms with Crippen molar-refractivity contribution in [1.82, 2.24) is 9.97 Å². The topological polar surface area (TPSA) is 90.1 Å². The van der Waals surface area contributed by atoms with Crippen LogP contribution in [-0.4, -0.2) is 23.0 Å². The van der Waals surface area contributed by atoms with E-state index in [0.29, 0.717) is 17.0 Å². The second kappa shape index (κ2) is 7.91. The molecule has 3 aromatic rings. The van der Waals surface area contributed by atoms with Crippen molar-refractivity contribution in [2.75, 3.05) is 18.2 Å². The molecule has 3 N–H and O–H groups in total. The maximum Gasteiger partial charge on any atom is 0.255 e. The van der Waals surface area contributed by atoms with Gasteiger partial charge in [0.1, 0.15) is 5.75 Å². The van der Waals surface area contributed by atoms with Crippen LogP contribution in [0.1, 0.15) is 42.3 Å². The highest BCUT2D eigenvalue weighted by atomic mass is 16.5. The number of anilines is 2. The number of carbonyl (C=O) groups is 1. The minimum Gasteiger partial charge on any atom is -0.495 e. The predicted octanol–water partition coefficient (Wildman–Crippen LogP) is 4.59. The van der Waals surface area contributed by atoms with Crippen LogP contribution in [0.3, 0.4) is 0 Å². The molecule has 0 fully saturated rings. The number of nitrogen functional groups attached to an aromatic ring is 1. The van der Waals surface area contributed by atoms with Gasteiger partial charge in [-0.15, -0.1) is 0 Å². The first-order valence-electron chi connectivity index (χ1n) is 9.37. The molecule has 1 heterocycles. The number of hydrogen-bond donors (Lipinski definition) is 2. The standard InChI is InChI=1S/C23H26N4O2/c1-14-6-7-15(10-18(14)16-12-25-22(24)26-13-16)21(28)27-19-11-17(23(2,3)4)8-9-20(19)29-5/h6-13H,1-5H3,(H,27,28)(H2,24,25,26). The molecule has 3 rings (SSSR count). The number of hydrogen-bond acceptors (Lipinski definition) is 5. The summed E-state index contributed by atoms with van der Waals surface area (Å²) in [7, 11) is 1.59. The van der Waals surface area contributed by atoms with Gasteiger partial charge in [-0.3, -0.25) is 4.79 Å². The van der Waals surface area contributed by atoms with Gasteiger partial charge in [0.05, 0.1) is 12.8 Å². The summed E-state index contributed by atoms with van der Waals surface area (Å²) in [6.45, 7) is 8.35. The largest absolute Gasteiger partial charge is 0.495 e. The third-order valence-corrected chi connectivity index (χ3v) is 4.80. The van der Waals surface area contributed by atoms with Gasteiger partial charge in [-0.2, -0.15) is 0 Å². The summed E-state index contributed by atoms with van der Waals surface area (Å²) in [5, 5.41) is 2.98. The molecule has 29 heavy (non-hydrogen) atoms. The van der Waals surface area contributed by atoms with Crippen LogP contribution in [0.4, 0.5) is 11.6 Å². The summed E-state index contributed by atoms with van der Waals surface area (Å²) in [6, 6.07) is 11.4. The molecule has 0 saturated carbocycles. The van der Waals surface area contributed by atoms with Crippen LogP contribution in [-0.2, 0) is 5.41 Å². The Bertz CT molecular complexity index is 1040. The van der Waals surface area contributed by atoms with Crippen LogP contribution < -0.4 is 15.8 Å². The zero-order valence-corrected chi connectivity index (χ0v) is 17.4. The smallest absolute Gasteiger partial charge is 0.255 e. The molecule has 6 heteroatoms. The molecule has 6 nitrogen and oxygen atoms in total. The van der Waals surface area contributed by atoms with E-state index in [9.17, 15) is 4.79 Å². The van der Waals surface area contributed by atoms with Crippen molar-refractivity contribution in [2.24, 2.45) is 0 Å². The third-order valence-electron chi connectivity index (χ3n) is 4.80. The molecular weight excluding hydrogens is 364 g/mol. The van der Waals surface area contributed by atoms with E-state index in [0.717, 1.165) is 22.3 Å². The highest BCUT2D eigenvalue weighted by molar-refractivity contribution is 6.05. The molecule has 2 aromatic carbocycles. The Labute approximate surface area is 171 Å². The Morgan fingerprint density at radius 2 is 1.76 bits per heavy atom. The maximum atomic E-state index is 13.0. The van der Waals surface area contributed by atoms with Crippen molar-refractivity contribution < 1.29 is 9.53 Å². The van der Waals surface area contributed by atoms with E-state index in [-0.39, 0.29) is 17.3 Å². The van der Waals surface area contributed by atoms with E-state index < -0.39 is 0 Å². The number of amides is 1. The number of aryl methyl sites for hydroxylation is 1. The van der Waals surface area contributed by atoms with E-state index >= 15 is 0 Å². The third kappa shape index (κ3) is 4.54. The first kappa shape index (κ1) is 20.3. The lowest BCUT2D eigenvalue weighted by Crippen LogP contribution is -2.15. The normalized spacial score (nSPS) is 11.2. The predicted molar refractivity (Wildman–Crippen MR) is 116 cm³/mol. The lowest BCUT2D eigenvalue weighted by Gasteiger charge is -2.21. The van der Waals surface area contributed by atoms with Crippen molar-refractivity contribution >= 4 is 17.5 Å². The number of aromatic nitrogens is 2. The molecule has 0 radical (unpaired) electrons. The first-order chi connectivity index (χ1) is 13.7. The Balaban J connectivity index is 1.94. The van der Waals surface area contributed by atoms with Crippen molar-refractivity contribution in [1.29, 1.82) is 0 Å². The van der Waals surface area contributed by atoms with Crippen molar-refractivity contribution in [3.63, 3.8) is 0 Å². The molecule has 0 saturated heterocycles. The Morgan fingerprint density at radius 1 is 1.07 bits per heavy atom. The molecular formula is C23H26N4O2. The molecule has 1 amide bonds. The lowest BCUT2D eigenvalue weighted by atomic mass is 9.87. The van der Waals surface area contributed by atoms with Crippen LogP contribution in [0.2, 0.25) is 0 Å².